The summed E-state index contributed by atoms with van der Waals surface area (Å²) in [6.45, 7) is 10.7. The predicted octanol–water partition coefficient (Wildman–Crippen LogP) is 4.48. The average Bonchev–Trinajstić information content (AvgIpc) is 2.29. The number of rotatable bonds is 4. The molecule has 1 N–H and O–H groups in total. The molecule has 0 fully saturated rings. The molecule has 0 aliphatic rings. The van der Waals surface area contributed by atoms with Crippen LogP contribution in [0.2, 0.25) is 0 Å². The second kappa shape index (κ2) is 6.46. The Balaban J connectivity index is 2.98. The van der Waals surface area contributed by atoms with Gasteiger partial charge in [0.05, 0.1) is 4.90 Å². The summed E-state index contributed by atoms with van der Waals surface area (Å²) in [6, 6.07) is 3.43. The van der Waals surface area contributed by atoms with Crippen molar-refractivity contribution < 1.29 is 8.42 Å². The summed E-state index contributed by atoms with van der Waals surface area (Å²) in [6.07, 6.45) is 0. The normalized spacial score (nSPS) is 14.3. The van der Waals surface area contributed by atoms with Crippen LogP contribution >= 0.6 is 31.9 Å². The maximum absolute atomic E-state index is 12.4. The smallest absolute Gasteiger partial charge is 0.211 e. The van der Waals surface area contributed by atoms with E-state index in [0.717, 1.165) is 10.0 Å². The molecule has 1 unspecified atom stereocenters. The third-order valence-corrected chi connectivity index (χ3v) is 6.80. The summed E-state index contributed by atoms with van der Waals surface area (Å²) in [7, 11) is -3.51. The molecule has 0 radical (unpaired) electrons. The SMILES string of the molecule is Cc1cc(Br)c(S(=O)(=O)NCC(C)C(C)(C)C)cc1Br. The summed E-state index contributed by atoms with van der Waals surface area (Å²) in [5.74, 6) is 0.241. The maximum atomic E-state index is 12.4. The van der Waals surface area contributed by atoms with Crippen LogP contribution in [-0.4, -0.2) is 15.0 Å². The molecule has 3 nitrogen and oxygen atoms in total. The van der Waals surface area contributed by atoms with Crippen LogP contribution in [0.4, 0.5) is 0 Å². The van der Waals surface area contributed by atoms with Gasteiger partial charge in [-0.15, -0.1) is 0 Å². The van der Waals surface area contributed by atoms with Crippen molar-refractivity contribution in [3.05, 3.63) is 26.6 Å². The van der Waals surface area contributed by atoms with E-state index in [2.05, 4.69) is 57.4 Å². The highest BCUT2D eigenvalue weighted by atomic mass is 79.9. The van der Waals surface area contributed by atoms with Gasteiger partial charge in [-0.05, 0) is 51.9 Å². The molecule has 0 aliphatic carbocycles. The lowest BCUT2D eigenvalue weighted by Gasteiger charge is -2.27. The average molecular weight is 427 g/mol. The van der Waals surface area contributed by atoms with Crippen molar-refractivity contribution in [2.45, 2.75) is 39.5 Å². The minimum Gasteiger partial charge on any atom is -0.211 e. The highest BCUT2D eigenvalue weighted by Gasteiger charge is 2.24. The van der Waals surface area contributed by atoms with Crippen LogP contribution < -0.4 is 4.72 Å². The monoisotopic (exact) mass is 425 g/mol. The zero-order valence-corrected chi connectivity index (χ0v) is 16.4. The predicted molar refractivity (Wildman–Crippen MR) is 90.4 cm³/mol. The zero-order valence-electron chi connectivity index (χ0n) is 12.4. The molecule has 0 amide bonds. The topological polar surface area (TPSA) is 46.2 Å². The van der Waals surface area contributed by atoms with E-state index in [1.807, 2.05) is 13.8 Å². The lowest BCUT2D eigenvalue weighted by Crippen LogP contribution is -2.33. The summed E-state index contributed by atoms with van der Waals surface area (Å²) >= 11 is 6.70. The highest BCUT2D eigenvalue weighted by molar-refractivity contribution is 9.11. The number of nitrogens with one attached hydrogen (secondary N) is 1. The van der Waals surface area contributed by atoms with Crippen LogP contribution in [0.1, 0.15) is 33.3 Å². The fourth-order valence-corrected chi connectivity index (χ4v) is 4.26. The number of benzene rings is 1. The van der Waals surface area contributed by atoms with Gasteiger partial charge in [0.15, 0.2) is 0 Å². The molecule has 0 heterocycles. The lowest BCUT2D eigenvalue weighted by molar-refractivity contribution is 0.263. The van der Waals surface area contributed by atoms with Crippen molar-refractivity contribution in [3.8, 4) is 0 Å². The second-order valence-corrected chi connectivity index (χ2v) is 9.59. The Morgan fingerprint density at radius 1 is 1.20 bits per heavy atom. The van der Waals surface area contributed by atoms with Crippen molar-refractivity contribution in [1.29, 1.82) is 0 Å². The van der Waals surface area contributed by atoms with E-state index < -0.39 is 10.0 Å². The van der Waals surface area contributed by atoms with Crippen LogP contribution in [-0.2, 0) is 10.0 Å². The van der Waals surface area contributed by atoms with Gasteiger partial charge in [0.2, 0.25) is 10.0 Å². The molecular weight excluding hydrogens is 406 g/mol. The quantitative estimate of drug-likeness (QED) is 0.771. The van der Waals surface area contributed by atoms with Crippen molar-refractivity contribution in [3.63, 3.8) is 0 Å². The Kier molecular flexibility index (Phi) is 5.86. The van der Waals surface area contributed by atoms with E-state index in [1.54, 1.807) is 12.1 Å². The molecule has 0 aromatic heterocycles. The Bertz CT molecular complexity index is 592. The molecule has 0 spiro atoms. The van der Waals surface area contributed by atoms with Crippen LogP contribution in [0, 0.1) is 18.3 Å². The van der Waals surface area contributed by atoms with E-state index >= 15 is 0 Å². The lowest BCUT2D eigenvalue weighted by atomic mass is 9.82. The van der Waals surface area contributed by atoms with E-state index in [0.29, 0.717) is 11.0 Å². The van der Waals surface area contributed by atoms with Crippen LogP contribution in [0.3, 0.4) is 0 Å². The first-order valence-corrected chi connectivity index (χ1v) is 9.47. The Morgan fingerprint density at radius 2 is 1.75 bits per heavy atom. The van der Waals surface area contributed by atoms with E-state index in [-0.39, 0.29) is 16.2 Å². The van der Waals surface area contributed by atoms with Crippen molar-refractivity contribution >= 4 is 41.9 Å². The van der Waals surface area contributed by atoms with Crippen LogP contribution in [0.15, 0.2) is 26.0 Å². The Labute approximate surface area is 138 Å². The van der Waals surface area contributed by atoms with Gasteiger partial charge in [0, 0.05) is 15.5 Å². The first kappa shape index (κ1) is 18.1. The molecule has 0 aliphatic heterocycles. The minimum atomic E-state index is -3.51. The molecule has 0 saturated carbocycles. The summed E-state index contributed by atoms with van der Waals surface area (Å²) in [5, 5.41) is 0. The fraction of sp³-hybridized carbons (Fsp3) is 0.571. The number of sulfonamides is 1. The molecule has 1 atom stereocenters. The summed E-state index contributed by atoms with van der Waals surface area (Å²) < 4.78 is 28.8. The Hall–Kier alpha value is 0.0900. The summed E-state index contributed by atoms with van der Waals surface area (Å²) in [4.78, 5) is 0.260. The third kappa shape index (κ3) is 4.55. The van der Waals surface area contributed by atoms with E-state index in [9.17, 15) is 8.42 Å². The van der Waals surface area contributed by atoms with Crippen LogP contribution in [0.5, 0.6) is 0 Å². The third-order valence-electron chi connectivity index (χ3n) is 3.56. The van der Waals surface area contributed by atoms with Crippen LogP contribution in [0.25, 0.3) is 0 Å². The van der Waals surface area contributed by atoms with Gasteiger partial charge in [-0.3, -0.25) is 0 Å². The molecule has 114 valence electrons. The number of hydrogen-bond donors (Lipinski definition) is 1. The summed E-state index contributed by atoms with van der Waals surface area (Å²) in [5.41, 5.74) is 1.05. The second-order valence-electron chi connectivity index (χ2n) is 6.15. The first-order valence-electron chi connectivity index (χ1n) is 6.40. The zero-order chi connectivity index (χ0) is 15.7. The van der Waals surface area contributed by atoms with Gasteiger partial charge in [-0.25, -0.2) is 13.1 Å². The molecule has 6 heteroatoms. The highest BCUT2D eigenvalue weighted by Crippen LogP contribution is 2.29. The Morgan fingerprint density at radius 3 is 2.25 bits per heavy atom. The maximum Gasteiger partial charge on any atom is 0.241 e. The number of hydrogen-bond acceptors (Lipinski definition) is 2. The minimum absolute atomic E-state index is 0.0631. The number of halogens is 2. The molecule has 1 aromatic carbocycles. The number of aryl methyl sites for hydroxylation is 1. The van der Waals surface area contributed by atoms with Gasteiger partial charge >= 0.3 is 0 Å². The van der Waals surface area contributed by atoms with Gasteiger partial charge in [0.1, 0.15) is 0 Å². The molecule has 0 bridgehead atoms. The largest absolute Gasteiger partial charge is 0.241 e. The van der Waals surface area contributed by atoms with Gasteiger partial charge in [0.25, 0.3) is 0 Å². The van der Waals surface area contributed by atoms with E-state index in [4.69, 9.17) is 0 Å². The van der Waals surface area contributed by atoms with Gasteiger partial charge in [-0.2, -0.15) is 0 Å². The van der Waals surface area contributed by atoms with Crippen molar-refractivity contribution in [2.75, 3.05) is 6.54 Å². The molecule has 0 saturated heterocycles. The molecule has 1 rings (SSSR count). The standard InChI is InChI=1S/C14H21Br2NO2S/c1-9-6-12(16)13(7-11(9)15)20(18,19)17-8-10(2)14(3,4)5/h6-7,10,17H,8H2,1-5H3. The fourth-order valence-electron chi connectivity index (χ4n) is 1.45. The van der Waals surface area contributed by atoms with E-state index in [1.165, 1.54) is 0 Å². The molecular formula is C14H21Br2NO2S. The first-order chi connectivity index (χ1) is 8.95. The van der Waals surface area contributed by atoms with Crippen molar-refractivity contribution in [1.82, 2.24) is 4.72 Å². The van der Waals surface area contributed by atoms with Gasteiger partial charge in [-0.1, -0.05) is 43.6 Å². The van der Waals surface area contributed by atoms with Gasteiger partial charge < -0.3 is 0 Å². The molecule has 20 heavy (non-hydrogen) atoms. The molecule has 1 aromatic rings. The van der Waals surface area contributed by atoms with Crippen molar-refractivity contribution in [2.24, 2.45) is 11.3 Å².